The molecule has 0 spiro atoms. The van der Waals surface area contributed by atoms with Crippen molar-refractivity contribution in [1.82, 2.24) is 14.7 Å². The average molecular weight is 447 g/mol. The molecule has 6 nitrogen and oxygen atoms in total. The van der Waals surface area contributed by atoms with Crippen LogP contribution in [0.25, 0.3) is 0 Å². The number of nitrogens with zero attached hydrogens (tertiary/aromatic N) is 4. The molecule has 0 radical (unpaired) electrons. The zero-order valence-corrected chi connectivity index (χ0v) is 20.3. The smallest absolute Gasteiger partial charge is 0.319 e. The number of amides is 3. The van der Waals surface area contributed by atoms with Gasteiger partial charge in [0.1, 0.15) is 5.82 Å². The van der Waals surface area contributed by atoms with E-state index in [0.717, 1.165) is 57.3 Å². The minimum Gasteiger partial charge on any atom is -0.331 e. The third kappa shape index (κ3) is 5.42. The van der Waals surface area contributed by atoms with Gasteiger partial charge in [0.05, 0.1) is 0 Å². The molecule has 3 rings (SSSR count). The van der Waals surface area contributed by atoms with E-state index in [9.17, 15) is 14.0 Å². The van der Waals surface area contributed by atoms with Gasteiger partial charge < -0.3 is 19.6 Å². The van der Waals surface area contributed by atoms with Crippen molar-refractivity contribution in [3.63, 3.8) is 0 Å². The van der Waals surface area contributed by atoms with Crippen LogP contribution in [-0.2, 0) is 4.79 Å². The molecule has 32 heavy (non-hydrogen) atoms. The van der Waals surface area contributed by atoms with Crippen molar-refractivity contribution in [2.75, 3.05) is 32.1 Å². The fourth-order valence-electron chi connectivity index (χ4n) is 5.53. The number of halogens is 1. The Balaban J connectivity index is 1.63. The summed E-state index contributed by atoms with van der Waals surface area (Å²) in [4.78, 5) is 33.3. The number of carbonyl (C=O) groups excluding carboxylic acids is 2. The summed E-state index contributed by atoms with van der Waals surface area (Å²) in [7, 11) is 3.66. The van der Waals surface area contributed by atoms with E-state index in [1.54, 1.807) is 24.0 Å². The molecule has 1 aromatic carbocycles. The van der Waals surface area contributed by atoms with E-state index in [1.165, 1.54) is 12.1 Å². The van der Waals surface area contributed by atoms with E-state index in [0.29, 0.717) is 6.04 Å². The van der Waals surface area contributed by atoms with Crippen LogP contribution in [0.4, 0.5) is 14.9 Å². The molecule has 0 N–H and O–H groups in total. The Kier molecular flexibility index (Phi) is 8.15. The van der Waals surface area contributed by atoms with Crippen LogP contribution in [0.5, 0.6) is 0 Å². The number of hydrogen-bond acceptors (Lipinski definition) is 3. The molecule has 0 aromatic heterocycles. The maximum absolute atomic E-state index is 13.3. The summed E-state index contributed by atoms with van der Waals surface area (Å²) in [6, 6.07) is 7.46. The van der Waals surface area contributed by atoms with Crippen LogP contribution < -0.4 is 4.90 Å². The summed E-state index contributed by atoms with van der Waals surface area (Å²) >= 11 is 0. The zero-order valence-electron chi connectivity index (χ0n) is 20.3. The van der Waals surface area contributed by atoms with Crippen molar-refractivity contribution < 1.29 is 14.0 Å². The summed E-state index contributed by atoms with van der Waals surface area (Å²) in [5.74, 6) is -0.291. The molecule has 2 aliphatic heterocycles. The van der Waals surface area contributed by atoms with Gasteiger partial charge >= 0.3 is 6.03 Å². The molecule has 0 saturated carbocycles. The highest BCUT2D eigenvalue weighted by Crippen LogP contribution is 2.31. The Morgan fingerprint density at radius 3 is 2.25 bits per heavy atom. The number of rotatable bonds is 6. The van der Waals surface area contributed by atoms with Gasteiger partial charge in [-0.3, -0.25) is 4.79 Å². The number of likely N-dealkylation sites (tertiary alicyclic amines) is 2. The highest BCUT2D eigenvalue weighted by molar-refractivity contribution is 5.92. The molecule has 3 atom stereocenters. The molecule has 7 heteroatoms. The fourth-order valence-corrected chi connectivity index (χ4v) is 5.53. The Morgan fingerprint density at radius 2 is 1.72 bits per heavy atom. The zero-order chi connectivity index (χ0) is 23.4. The average Bonchev–Trinajstić information content (AvgIpc) is 3.13. The van der Waals surface area contributed by atoms with Crippen LogP contribution in [0.3, 0.4) is 0 Å². The maximum atomic E-state index is 13.3. The molecular formula is C25H39FN4O2. The SMILES string of the molecule is CCC(CC1CCC(C)N1C(=O)N(C)C)N1CCC(N(C(C)=O)c2ccc(F)cc2)CC1. The number of benzene rings is 1. The molecule has 0 aliphatic carbocycles. The quantitative estimate of drug-likeness (QED) is 0.653. The standard InChI is InChI=1S/C25H39FN4O2/c1-6-21(17-24-10-7-18(2)29(24)25(32)27(4)5)28-15-13-23(14-16-28)30(19(3)31)22-11-8-20(26)9-12-22/h8-9,11-12,18,21,23-24H,6-7,10,13-17H2,1-5H3. The Bertz CT molecular complexity index is 777. The molecule has 2 saturated heterocycles. The van der Waals surface area contributed by atoms with Crippen LogP contribution in [0.2, 0.25) is 0 Å². The second-order valence-electron chi connectivity index (χ2n) is 9.59. The van der Waals surface area contributed by atoms with E-state index in [1.807, 2.05) is 19.0 Å². The van der Waals surface area contributed by atoms with Gasteiger partial charge in [-0.15, -0.1) is 0 Å². The normalized spacial score (nSPS) is 23.2. The van der Waals surface area contributed by atoms with E-state index in [4.69, 9.17) is 0 Å². The van der Waals surface area contributed by atoms with E-state index in [2.05, 4.69) is 23.6 Å². The number of piperidine rings is 1. The predicted octanol–water partition coefficient (Wildman–Crippen LogP) is 4.35. The lowest BCUT2D eigenvalue weighted by molar-refractivity contribution is -0.117. The maximum Gasteiger partial charge on any atom is 0.319 e. The third-order valence-electron chi connectivity index (χ3n) is 7.23. The Hall–Kier alpha value is -2.15. The minimum absolute atomic E-state index is 0.000109. The van der Waals surface area contributed by atoms with Gasteiger partial charge in [-0.2, -0.15) is 0 Å². The molecular weight excluding hydrogens is 407 g/mol. The summed E-state index contributed by atoms with van der Waals surface area (Å²) in [5.41, 5.74) is 0.766. The van der Waals surface area contributed by atoms with E-state index >= 15 is 0 Å². The summed E-state index contributed by atoms with van der Waals surface area (Å²) in [5, 5.41) is 0. The molecule has 3 unspecified atom stereocenters. The predicted molar refractivity (Wildman–Crippen MR) is 126 cm³/mol. The van der Waals surface area contributed by atoms with Crippen LogP contribution in [0, 0.1) is 5.82 Å². The molecule has 2 aliphatic rings. The first-order valence-electron chi connectivity index (χ1n) is 12.0. The summed E-state index contributed by atoms with van der Waals surface area (Å²) < 4.78 is 13.3. The molecule has 178 valence electrons. The van der Waals surface area contributed by atoms with E-state index < -0.39 is 0 Å². The van der Waals surface area contributed by atoms with Gasteiger partial charge in [0.25, 0.3) is 0 Å². The molecule has 3 amide bonds. The Morgan fingerprint density at radius 1 is 1.09 bits per heavy atom. The third-order valence-corrected chi connectivity index (χ3v) is 7.23. The number of urea groups is 1. The first-order valence-corrected chi connectivity index (χ1v) is 12.0. The first kappa shape index (κ1) is 24.5. The van der Waals surface area contributed by atoms with Crippen molar-refractivity contribution in [2.45, 2.75) is 83.5 Å². The van der Waals surface area contributed by atoms with Gasteiger partial charge in [0.2, 0.25) is 5.91 Å². The second-order valence-corrected chi connectivity index (χ2v) is 9.59. The number of anilines is 1. The van der Waals surface area contributed by atoms with Gasteiger partial charge in [-0.25, -0.2) is 9.18 Å². The van der Waals surface area contributed by atoms with E-state index in [-0.39, 0.29) is 35.9 Å². The first-order chi connectivity index (χ1) is 15.2. The molecule has 0 bridgehead atoms. The summed E-state index contributed by atoms with van der Waals surface area (Å²) in [6.45, 7) is 7.82. The van der Waals surface area contributed by atoms with Crippen molar-refractivity contribution in [3.8, 4) is 0 Å². The lowest BCUT2D eigenvalue weighted by Gasteiger charge is -2.42. The van der Waals surface area contributed by atoms with Crippen LogP contribution in [-0.4, -0.2) is 78.0 Å². The van der Waals surface area contributed by atoms with Crippen molar-refractivity contribution in [3.05, 3.63) is 30.1 Å². The topological polar surface area (TPSA) is 47.1 Å². The lowest BCUT2D eigenvalue weighted by Crippen LogP contribution is -2.52. The minimum atomic E-state index is -0.291. The van der Waals surface area contributed by atoms with Crippen LogP contribution in [0.15, 0.2) is 24.3 Å². The highest BCUT2D eigenvalue weighted by atomic mass is 19.1. The lowest BCUT2D eigenvalue weighted by atomic mass is 9.96. The monoisotopic (exact) mass is 446 g/mol. The van der Waals surface area contributed by atoms with Gasteiger partial charge in [0.15, 0.2) is 0 Å². The van der Waals surface area contributed by atoms with Gasteiger partial charge in [-0.1, -0.05) is 6.92 Å². The van der Waals surface area contributed by atoms with Gasteiger partial charge in [-0.05, 0) is 69.7 Å². The summed E-state index contributed by atoms with van der Waals surface area (Å²) in [6.07, 6.45) is 5.97. The molecule has 2 fully saturated rings. The van der Waals surface area contributed by atoms with Crippen molar-refractivity contribution >= 4 is 17.6 Å². The van der Waals surface area contributed by atoms with Crippen LogP contribution >= 0.6 is 0 Å². The molecule has 1 aromatic rings. The van der Waals surface area contributed by atoms with Gasteiger partial charge in [0, 0.05) is 64.0 Å². The molecule has 2 heterocycles. The largest absolute Gasteiger partial charge is 0.331 e. The highest BCUT2D eigenvalue weighted by Gasteiger charge is 2.38. The Labute approximate surface area is 192 Å². The fraction of sp³-hybridized carbons (Fsp3) is 0.680. The van der Waals surface area contributed by atoms with Crippen LogP contribution in [0.1, 0.15) is 59.3 Å². The van der Waals surface area contributed by atoms with Crippen molar-refractivity contribution in [2.24, 2.45) is 0 Å². The second kappa shape index (κ2) is 10.6. The van der Waals surface area contributed by atoms with Crippen molar-refractivity contribution in [1.29, 1.82) is 0 Å². The number of carbonyl (C=O) groups is 2. The number of hydrogen-bond donors (Lipinski definition) is 0.